The molecule has 0 radical (unpaired) electrons. The molecule has 0 saturated carbocycles. The van der Waals surface area contributed by atoms with Crippen molar-refractivity contribution in [2.24, 2.45) is 5.84 Å². The van der Waals surface area contributed by atoms with Crippen molar-refractivity contribution in [1.29, 1.82) is 0 Å². The molecular formula is C12H23N5O2. The Labute approximate surface area is 113 Å². The van der Waals surface area contributed by atoms with Gasteiger partial charge >= 0.3 is 0 Å². The summed E-state index contributed by atoms with van der Waals surface area (Å²) in [5.74, 6) is 7.40. The van der Waals surface area contributed by atoms with Crippen LogP contribution in [0.4, 0.5) is 11.6 Å². The summed E-state index contributed by atoms with van der Waals surface area (Å²) in [4.78, 5) is 8.72. The number of aromatic nitrogens is 2. The molecule has 0 fully saturated rings. The average molecular weight is 269 g/mol. The molecule has 0 bridgehead atoms. The van der Waals surface area contributed by atoms with Crippen molar-refractivity contribution in [1.82, 2.24) is 9.97 Å². The molecule has 1 unspecified atom stereocenters. The van der Waals surface area contributed by atoms with Gasteiger partial charge in [0.05, 0.1) is 6.61 Å². The number of rotatable bonds is 6. The second-order valence-corrected chi connectivity index (χ2v) is 5.21. The molecule has 0 spiro atoms. The first-order valence-corrected chi connectivity index (χ1v) is 6.23. The van der Waals surface area contributed by atoms with Crippen LogP contribution in [-0.4, -0.2) is 38.9 Å². The summed E-state index contributed by atoms with van der Waals surface area (Å²) in [6.45, 7) is 7.20. The number of nitrogens with two attached hydrogens (primary N) is 1. The molecule has 6 N–H and O–H groups in total. The van der Waals surface area contributed by atoms with E-state index in [0.29, 0.717) is 17.5 Å². The van der Waals surface area contributed by atoms with Crippen LogP contribution in [-0.2, 0) is 0 Å². The molecule has 0 saturated heterocycles. The van der Waals surface area contributed by atoms with E-state index >= 15 is 0 Å². The monoisotopic (exact) mass is 269 g/mol. The number of hydrazine groups is 1. The first-order valence-electron chi connectivity index (χ1n) is 6.23. The minimum Gasteiger partial charge on any atom is -0.393 e. The van der Waals surface area contributed by atoms with Crippen LogP contribution in [0.25, 0.3) is 0 Å². The zero-order chi connectivity index (χ0) is 14.6. The van der Waals surface area contributed by atoms with Crippen LogP contribution in [0.3, 0.4) is 0 Å². The fourth-order valence-electron chi connectivity index (χ4n) is 1.43. The molecule has 19 heavy (non-hydrogen) atoms. The Kier molecular flexibility index (Phi) is 5.04. The van der Waals surface area contributed by atoms with Gasteiger partial charge in [0.2, 0.25) is 0 Å². The van der Waals surface area contributed by atoms with Crippen LogP contribution in [0.1, 0.15) is 38.1 Å². The zero-order valence-corrected chi connectivity index (χ0v) is 11.9. The van der Waals surface area contributed by atoms with E-state index in [1.165, 1.54) is 0 Å². The van der Waals surface area contributed by atoms with Crippen molar-refractivity contribution in [2.45, 2.75) is 39.2 Å². The van der Waals surface area contributed by atoms with Crippen molar-refractivity contribution < 1.29 is 10.2 Å². The summed E-state index contributed by atoms with van der Waals surface area (Å²) in [5, 5.41) is 21.8. The fourth-order valence-corrected chi connectivity index (χ4v) is 1.43. The van der Waals surface area contributed by atoms with Gasteiger partial charge in [0, 0.05) is 18.0 Å². The summed E-state index contributed by atoms with van der Waals surface area (Å²) < 4.78 is 0. The van der Waals surface area contributed by atoms with Crippen LogP contribution >= 0.6 is 0 Å². The third-order valence-electron chi connectivity index (χ3n) is 2.79. The summed E-state index contributed by atoms with van der Waals surface area (Å²) in [5.41, 5.74) is 2.10. The van der Waals surface area contributed by atoms with Crippen LogP contribution in [0.2, 0.25) is 0 Å². The van der Waals surface area contributed by atoms with Crippen LogP contribution in [0, 0.1) is 6.92 Å². The van der Waals surface area contributed by atoms with Gasteiger partial charge in [-0.2, -0.15) is 0 Å². The van der Waals surface area contributed by atoms with Crippen molar-refractivity contribution >= 4 is 11.6 Å². The third kappa shape index (κ3) is 4.02. The van der Waals surface area contributed by atoms with Crippen molar-refractivity contribution in [3.05, 3.63) is 11.4 Å². The Morgan fingerprint density at radius 2 is 1.89 bits per heavy atom. The molecule has 0 aliphatic rings. The zero-order valence-electron chi connectivity index (χ0n) is 11.9. The second-order valence-electron chi connectivity index (χ2n) is 5.21. The van der Waals surface area contributed by atoms with Crippen molar-refractivity contribution in [2.75, 3.05) is 23.9 Å². The highest BCUT2D eigenvalue weighted by Crippen LogP contribution is 2.22. The van der Waals surface area contributed by atoms with Crippen LogP contribution in [0.15, 0.2) is 0 Å². The third-order valence-corrected chi connectivity index (χ3v) is 2.79. The molecule has 1 rings (SSSR count). The summed E-state index contributed by atoms with van der Waals surface area (Å²) >= 11 is 0. The number of hydrogen-bond acceptors (Lipinski definition) is 7. The summed E-state index contributed by atoms with van der Waals surface area (Å²) in [6.07, 6.45) is 0. The van der Waals surface area contributed by atoms with Crippen molar-refractivity contribution in [3.8, 4) is 0 Å². The van der Waals surface area contributed by atoms with E-state index < -0.39 is 5.60 Å². The number of aliphatic hydroxyl groups excluding tert-OH is 1. The number of nitrogens with one attached hydrogen (secondary N) is 2. The smallest absolute Gasteiger partial charge is 0.148 e. The van der Waals surface area contributed by atoms with Gasteiger partial charge in [0.1, 0.15) is 23.1 Å². The molecular weight excluding hydrogens is 246 g/mol. The van der Waals surface area contributed by atoms with Gasteiger partial charge in [0.25, 0.3) is 0 Å². The van der Waals surface area contributed by atoms with E-state index in [1.807, 2.05) is 20.8 Å². The van der Waals surface area contributed by atoms with Gasteiger partial charge in [-0.25, -0.2) is 15.8 Å². The predicted molar refractivity (Wildman–Crippen MR) is 74.9 cm³/mol. The first-order chi connectivity index (χ1) is 8.80. The Hall–Kier alpha value is -1.44. The molecule has 7 nitrogen and oxygen atoms in total. The topological polar surface area (TPSA) is 116 Å². The predicted octanol–water partition coefficient (Wildman–Crippen LogP) is 0.349. The number of anilines is 2. The number of hydrogen-bond donors (Lipinski definition) is 5. The summed E-state index contributed by atoms with van der Waals surface area (Å²) in [6, 6.07) is 0. The van der Waals surface area contributed by atoms with Gasteiger partial charge in [-0.05, 0) is 13.8 Å². The van der Waals surface area contributed by atoms with Gasteiger partial charge < -0.3 is 21.0 Å². The molecule has 1 aromatic rings. The molecule has 0 aliphatic heterocycles. The molecule has 0 aliphatic carbocycles. The lowest BCUT2D eigenvalue weighted by Crippen LogP contribution is -2.37. The SMILES string of the molecule is Cc1c(NN)nc(C(C)C)nc1NCC(C)(O)CO. The lowest BCUT2D eigenvalue weighted by Gasteiger charge is -2.22. The molecule has 7 heteroatoms. The number of nitrogen functional groups attached to an aromatic ring is 1. The standard InChI is InChI=1S/C12H23N5O2/c1-7(2)9-15-10(8(3)11(16-9)17-13)14-5-12(4,19)6-18/h7,18-19H,5-6,13H2,1-4H3,(H2,14,15,16,17). The fraction of sp³-hybridized carbons (Fsp3) is 0.667. The van der Waals surface area contributed by atoms with Gasteiger partial charge in [-0.1, -0.05) is 13.8 Å². The second kappa shape index (κ2) is 6.14. The van der Waals surface area contributed by atoms with Crippen LogP contribution in [0.5, 0.6) is 0 Å². The lowest BCUT2D eigenvalue weighted by atomic mass is 10.1. The highest BCUT2D eigenvalue weighted by molar-refractivity contribution is 5.57. The molecule has 108 valence electrons. The van der Waals surface area contributed by atoms with Crippen molar-refractivity contribution in [3.63, 3.8) is 0 Å². The maximum absolute atomic E-state index is 9.78. The Morgan fingerprint density at radius 3 is 2.37 bits per heavy atom. The largest absolute Gasteiger partial charge is 0.393 e. The van der Waals surface area contributed by atoms with E-state index in [9.17, 15) is 5.11 Å². The minimum atomic E-state index is -1.20. The Bertz CT molecular complexity index is 434. The molecule has 1 aromatic heterocycles. The maximum atomic E-state index is 9.78. The van der Waals surface area contributed by atoms with Crippen LogP contribution < -0.4 is 16.6 Å². The highest BCUT2D eigenvalue weighted by atomic mass is 16.3. The lowest BCUT2D eigenvalue weighted by molar-refractivity contribution is 0.0131. The van der Waals surface area contributed by atoms with E-state index in [4.69, 9.17) is 10.9 Å². The molecule has 1 heterocycles. The summed E-state index contributed by atoms with van der Waals surface area (Å²) in [7, 11) is 0. The quantitative estimate of drug-likeness (QED) is 0.374. The number of aliphatic hydroxyl groups is 2. The number of nitrogens with zero attached hydrogens (tertiary/aromatic N) is 2. The highest BCUT2D eigenvalue weighted by Gasteiger charge is 2.20. The first kappa shape index (κ1) is 15.6. The normalized spacial score (nSPS) is 14.3. The van der Waals surface area contributed by atoms with Gasteiger partial charge in [-0.15, -0.1) is 0 Å². The van der Waals surface area contributed by atoms with E-state index in [1.54, 1.807) is 6.92 Å². The Morgan fingerprint density at radius 1 is 1.32 bits per heavy atom. The van der Waals surface area contributed by atoms with E-state index in [-0.39, 0.29) is 19.1 Å². The maximum Gasteiger partial charge on any atom is 0.148 e. The van der Waals surface area contributed by atoms with Gasteiger partial charge in [-0.3, -0.25) is 0 Å². The minimum absolute atomic E-state index is 0.159. The average Bonchev–Trinajstić information content (AvgIpc) is 2.37. The van der Waals surface area contributed by atoms with E-state index in [0.717, 1.165) is 5.56 Å². The van der Waals surface area contributed by atoms with Gasteiger partial charge in [0.15, 0.2) is 0 Å². The molecule has 0 amide bonds. The van der Waals surface area contributed by atoms with E-state index in [2.05, 4.69) is 20.7 Å². The molecule has 0 aromatic carbocycles. The molecule has 1 atom stereocenters. The Balaban J connectivity index is 3.02.